The largest absolute Gasteiger partial charge is 0.489 e. The first-order valence-corrected chi connectivity index (χ1v) is 9.45. The number of aryl methyl sites for hydroxylation is 1. The van der Waals surface area contributed by atoms with Crippen LogP contribution < -0.4 is 14.9 Å². The molecule has 0 aliphatic heterocycles. The zero-order valence-electron chi connectivity index (χ0n) is 16.0. The van der Waals surface area contributed by atoms with E-state index in [1.165, 1.54) is 0 Å². The van der Waals surface area contributed by atoms with Crippen molar-refractivity contribution in [1.29, 1.82) is 0 Å². The van der Waals surface area contributed by atoms with E-state index in [1.807, 2.05) is 79.7 Å². The Morgan fingerprint density at radius 2 is 1.83 bits per heavy atom. The van der Waals surface area contributed by atoms with Crippen molar-refractivity contribution in [1.82, 2.24) is 5.43 Å². The van der Waals surface area contributed by atoms with E-state index < -0.39 is 0 Å². The Kier molecular flexibility index (Phi) is 7.25. The first kappa shape index (κ1) is 20.4. The maximum absolute atomic E-state index is 11.9. The SMILES string of the molecule is Cc1ccccc1OCC(=O)N/N=C\c1cccc(OCc2ccc(Cl)cc2)c1. The average Bonchev–Trinajstić information content (AvgIpc) is 2.73. The molecule has 5 nitrogen and oxygen atoms in total. The quantitative estimate of drug-likeness (QED) is 0.432. The van der Waals surface area contributed by atoms with E-state index in [2.05, 4.69) is 10.5 Å². The lowest BCUT2D eigenvalue weighted by atomic mass is 10.2. The van der Waals surface area contributed by atoms with E-state index in [0.717, 1.165) is 16.7 Å². The number of nitrogens with zero attached hydrogens (tertiary/aromatic N) is 1. The van der Waals surface area contributed by atoms with E-state index in [-0.39, 0.29) is 12.5 Å². The van der Waals surface area contributed by atoms with Crippen LogP contribution >= 0.6 is 11.6 Å². The molecule has 0 bridgehead atoms. The third kappa shape index (κ3) is 6.66. The zero-order valence-corrected chi connectivity index (χ0v) is 16.7. The number of nitrogens with one attached hydrogen (secondary N) is 1. The van der Waals surface area contributed by atoms with Gasteiger partial charge in [-0.3, -0.25) is 4.79 Å². The van der Waals surface area contributed by atoms with Crippen LogP contribution in [0.5, 0.6) is 11.5 Å². The van der Waals surface area contributed by atoms with Crippen LogP contribution in [-0.2, 0) is 11.4 Å². The molecule has 3 aromatic carbocycles. The molecule has 3 rings (SSSR count). The van der Waals surface area contributed by atoms with Crippen molar-refractivity contribution < 1.29 is 14.3 Å². The lowest BCUT2D eigenvalue weighted by Gasteiger charge is -2.08. The number of carbonyl (C=O) groups is 1. The average molecular weight is 409 g/mol. The maximum atomic E-state index is 11.9. The molecular weight excluding hydrogens is 388 g/mol. The smallest absolute Gasteiger partial charge is 0.277 e. The van der Waals surface area contributed by atoms with Gasteiger partial charge >= 0.3 is 0 Å². The number of hydrazone groups is 1. The molecule has 0 radical (unpaired) electrons. The molecular formula is C23H21ClN2O3. The minimum absolute atomic E-state index is 0.105. The lowest BCUT2D eigenvalue weighted by Crippen LogP contribution is -2.24. The molecule has 0 saturated carbocycles. The number of hydrogen-bond acceptors (Lipinski definition) is 4. The first-order valence-electron chi connectivity index (χ1n) is 9.08. The van der Waals surface area contributed by atoms with Gasteiger partial charge < -0.3 is 9.47 Å². The number of para-hydroxylation sites is 1. The Labute approximate surface area is 174 Å². The molecule has 0 spiro atoms. The van der Waals surface area contributed by atoms with Crippen LogP contribution in [0.1, 0.15) is 16.7 Å². The van der Waals surface area contributed by atoms with Crippen LogP contribution in [0, 0.1) is 6.92 Å². The minimum atomic E-state index is -0.334. The summed E-state index contributed by atoms with van der Waals surface area (Å²) in [6.07, 6.45) is 1.56. The molecule has 148 valence electrons. The van der Waals surface area contributed by atoms with Gasteiger partial charge in [-0.1, -0.05) is 54.1 Å². The highest BCUT2D eigenvalue weighted by molar-refractivity contribution is 6.30. The molecule has 1 amide bonds. The number of amides is 1. The van der Waals surface area contributed by atoms with E-state index in [4.69, 9.17) is 21.1 Å². The van der Waals surface area contributed by atoms with Gasteiger partial charge in [0.15, 0.2) is 6.61 Å². The molecule has 0 atom stereocenters. The van der Waals surface area contributed by atoms with Crippen molar-refractivity contribution in [2.45, 2.75) is 13.5 Å². The summed E-state index contributed by atoms with van der Waals surface area (Å²) < 4.78 is 11.3. The summed E-state index contributed by atoms with van der Waals surface area (Å²) in [6.45, 7) is 2.25. The van der Waals surface area contributed by atoms with Gasteiger partial charge in [0.05, 0.1) is 6.21 Å². The van der Waals surface area contributed by atoms with E-state index in [9.17, 15) is 4.79 Å². The molecule has 0 aromatic heterocycles. The standard InChI is InChI=1S/C23H21ClN2O3/c1-17-5-2-3-8-22(17)29-16-23(27)26-25-14-19-6-4-7-21(13-19)28-15-18-9-11-20(24)12-10-18/h2-14H,15-16H2,1H3,(H,26,27)/b25-14-. The Hall–Kier alpha value is -3.31. The zero-order chi connectivity index (χ0) is 20.5. The Morgan fingerprint density at radius 1 is 1.03 bits per heavy atom. The number of hydrogen-bond donors (Lipinski definition) is 1. The number of ether oxygens (including phenoxy) is 2. The fourth-order valence-electron chi connectivity index (χ4n) is 2.50. The van der Waals surface area contributed by atoms with Crippen LogP contribution in [0.2, 0.25) is 5.02 Å². The monoisotopic (exact) mass is 408 g/mol. The van der Waals surface area contributed by atoms with Crippen LogP contribution in [0.15, 0.2) is 77.9 Å². The number of halogens is 1. The second kappa shape index (κ2) is 10.3. The molecule has 0 fully saturated rings. The van der Waals surface area contributed by atoms with Crippen LogP contribution in [0.3, 0.4) is 0 Å². The van der Waals surface area contributed by atoms with Gasteiger partial charge in [-0.05, 0) is 53.9 Å². The van der Waals surface area contributed by atoms with Gasteiger partial charge in [-0.25, -0.2) is 5.43 Å². The highest BCUT2D eigenvalue weighted by Crippen LogP contribution is 2.16. The fraction of sp³-hybridized carbons (Fsp3) is 0.130. The van der Waals surface area contributed by atoms with Crippen molar-refractivity contribution in [2.75, 3.05) is 6.61 Å². The third-order valence-electron chi connectivity index (χ3n) is 4.03. The molecule has 0 aliphatic carbocycles. The summed E-state index contributed by atoms with van der Waals surface area (Å²) in [5, 5.41) is 4.66. The maximum Gasteiger partial charge on any atom is 0.277 e. The molecule has 0 aliphatic rings. The van der Waals surface area contributed by atoms with Crippen LogP contribution in [0.25, 0.3) is 0 Å². The number of benzene rings is 3. The molecule has 1 N–H and O–H groups in total. The minimum Gasteiger partial charge on any atom is -0.489 e. The number of carbonyl (C=O) groups excluding carboxylic acids is 1. The van der Waals surface area contributed by atoms with E-state index in [1.54, 1.807) is 6.21 Å². The van der Waals surface area contributed by atoms with Gasteiger partial charge in [0, 0.05) is 5.02 Å². The second-order valence-corrected chi connectivity index (χ2v) is 6.77. The van der Waals surface area contributed by atoms with E-state index >= 15 is 0 Å². The highest BCUT2D eigenvalue weighted by Gasteiger charge is 2.03. The van der Waals surface area contributed by atoms with Crippen molar-refractivity contribution in [3.05, 3.63) is 94.5 Å². The third-order valence-corrected chi connectivity index (χ3v) is 4.28. The normalized spacial score (nSPS) is 10.7. The topological polar surface area (TPSA) is 59.9 Å². The van der Waals surface area contributed by atoms with Crippen molar-refractivity contribution in [2.24, 2.45) is 5.10 Å². The Morgan fingerprint density at radius 3 is 2.62 bits per heavy atom. The predicted molar refractivity (Wildman–Crippen MR) is 115 cm³/mol. The highest BCUT2D eigenvalue weighted by atomic mass is 35.5. The van der Waals surface area contributed by atoms with Crippen molar-refractivity contribution in [3.8, 4) is 11.5 Å². The molecule has 3 aromatic rings. The fourth-order valence-corrected chi connectivity index (χ4v) is 2.63. The molecule has 0 unspecified atom stereocenters. The summed E-state index contributed by atoms with van der Waals surface area (Å²) in [5.41, 5.74) is 5.25. The summed E-state index contributed by atoms with van der Waals surface area (Å²) in [6, 6.07) is 22.5. The molecule has 0 saturated heterocycles. The second-order valence-electron chi connectivity index (χ2n) is 6.33. The van der Waals surface area contributed by atoms with E-state index in [0.29, 0.717) is 23.1 Å². The predicted octanol–water partition coefficient (Wildman–Crippen LogP) is 4.76. The van der Waals surface area contributed by atoms with Gasteiger partial charge in [0.1, 0.15) is 18.1 Å². The first-order chi connectivity index (χ1) is 14.1. The van der Waals surface area contributed by atoms with Crippen LogP contribution in [-0.4, -0.2) is 18.7 Å². The summed E-state index contributed by atoms with van der Waals surface area (Å²) in [5.74, 6) is 1.05. The summed E-state index contributed by atoms with van der Waals surface area (Å²) in [7, 11) is 0. The van der Waals surface area contributed by atoms with Crippen LogP contribution in [0.4, 0.5) is 0 Å². The van der Waals surface area contributed by atoms with Gasteiger partial charge in [-0.15, -0.1) is 0 Å². The Balaban J connectivity index is 1.47. The summed E-state index contributed by atoms with van der Waals surface area (Å²) >= 11 is 5.89. The van der Waals surface area contributed by atoms with Crippen molar-refractivity contribution in [3.63, 3.8) is 0 Å². The van der Waals surface area contributed by atoms with Gasteiger partial charge in [-0.2, -0.15) is 5.10 Å². The summed E-state index contributed by atoms with van der Waals surface area (Å²) in [4.78, 5) is 11.9. The molecule has 29 heavy (non-hydrogen) atoms. The van der Waals surface area contributed by atoms with Gasteiger partial charge in [0.2, 0.25) is 0 Å². The lowest BCUT2D eigenvalue weighted by molar-refractivity contribution is -0.123. The molecule has 0 heterocycles. The Bertz CT molecular complexity index is 987. The van der Waals surface area contributed by atoms with Gasteiger partial charge in [0.25, 0.3) is 5.91 Å². The molecule has 6 heteroatoms. The van der Waals surface area contributed by atoms with Crippen molar-refractivity contribution >= 4 is 23.7 Å². The number of rotatable bonds is 8.